The Morgan fingerprint density at radius 1 is 1.50 bits per heavy atom. The van der Waals surface area contributed by atoms with Crippen molar-refractivity contribution in [2.75, 3.05) is 0 Å². The van der Waals surface area contributed by atoms with E-state index >= 15 is 0 Å². The van der Waals surface area contributed by atoms with Crippen LogP contribution in [0.15, 0.2) is 24.2 Å². The van der Waals surface area contributed by atoms with Gasteiger partial charge in [0.25, 0.3) is 5.29 Å². The van der Waals surface area contributed by atoms with Crippen molar-refractivity contribution in [3.8, 4) is 0 Å². The van der Waals surface area contributed by atoms with Crippen LogP contribution in [-0.4, -0.2) is 5.97 Å². The fraction of sp³-hybridized carbons (Fsp3) is 0.167. The van der Waals surface area contributed by atoms with Crippen molar-refractivity contribution < 1.29 is 22.7 Å². The van der Waals surface area contributed by atoms with Crippen LogP contribution in [0.25, 0.3) is 0 Å². The summed E-state index contributed by atoms with van der Waals surface area (Å²) in [5.74, 6) is -0.329. The minimum Gasteiger partial charge on any atom is -0.435 e. The first-order valence-corrected chi connectivity index (χ1v) is 2.94. The number of halogens is 4. The summed E-state index contributed by atoms with van der Waals surface area (Å²) >= 11 is 4.08. The molecule has 0 bridgehead atoms. The Morgan fingerprint density at radius 2 is 1.83 bits per heavy atom. The summed E-state index contributed by atoms with van der Waals surface area (Å²) in [4.78, 5) is 9.75. The van der Waals surface area contributed by atoms with Gasteiger partial charge in [-0.1, -0.05) is 6.58 Å². The van der Waals surface area contributed by atoms with E-state index in [1.54, 1.807) is 0 Å². The monoisotopic (exact) mass is 202 g/mol. The van der Waals surface area contributed by atoms with E-state index < -0.39 is 11.4 Å². The number of ether oxygens (including phenoxy) is 1. The Hall–Kier alpha value is -0.970. The number of hydrogen-bond acceptors (Lipinski definition) is 2. The Balaban J connectivity index is 0. The number of hydrogen-bond donors (Lipinski definition) is 0. The van der Waals surface area contributed by atoms with E-state index in [4.69, 9.17) is 0 Å². The van der Waals surface area contributed by atoms with Gasteiger partial charge in [0.15, 0.2) is 0 Å². The van der Waals surface area contributed by atoms with Crippen LogP contribution < -0.4 is 0 Å². The van der Waals surface area contributed by atoms with Gasteiger partial charge >= 0.3 is 12.0 Å². The molecule has 0 aromatic carbocycles. The molecule has 0 spiro atoms. The third-order valence-electron chi connectivity index (χ3n) is 0.392. The van der Waals surface area contributed by atoms with Crippen LogP contribution in [0.3, 0.4) is 0 Å². The molecule has 0 saturated carbocycles. The number of esters is 1. The summed E-state index contributed by atoms with van der Waals surface area (Å²) in [5, 5.41) is -1.94. The molecule has 0 aromatic heterocycles. The first-order valence-electron chi connectivity index (χ1n) is 2.56. The fourth-order valence-corrected chi connectivity index (χ4v) is 0.117. The quantitative estimate of drug-likeness (QED) is 0.483. The van der Waals surface area contributed by atoms with Gasteiger partial charge in [0.1, 0.15) is 0 Å². The van der Waals surface area contributed by atoms with Crippen LogP contribution in [-0.2, 0) is 9.53 Å². The highest BCUT2D eigenvalue weighted by molar-refractivity contribution is 6.28. The van der Waals surface area contributed by atoms with Crippen molar-refractivity contribution in [2.45, 2.75) is 6.92 Å². The normalized spacial score (nSPS) is 7.42. The molecule has 12 heavy (non-hydrogen) atoms. The van der Waals surface area contributed by atoms with E-state index in [9.17, 15) is 18.0 Å². The van der Waals surface area contributed by atoms with Gasteiger partial charge in [0, 0.05) is 6.92 Å². The number of carbonyl (C=O) groups is 1. The topological polar surface area (TPSA) is 26.3 Å². The second-order valence-electron chi connectivity index (χ2n) is 1.30. The highest BCUT2D eigenvalue weighted by atomic mass is 35.5. The van der Waals surface area contributed by atoms with Crippen molar-refractivity contribution in [2.24, 2.45) is 0 Å². The average molecular weight is 203 g/mol. The van der Waals surface area contributed by atoms with Crippen LogP contribution in [0.1, 0.15) is 6.92 Å². The fourth-order valence-electron chi connectivity index (χ4n) is 0.117. The molecule has 0 amide bonds. The summed E-state index contributed by atoms with van der Waals surface area (Å²) in [7, 11) is 0. The smallest absolute Gasteiger partial charge is 0.317 e. The molecule has 0 radical (unpaired) electrons. The third kappa shape index (κ3) is 16.0. The summed E-state index contributed by atoms with van der Waals surface area (Å²) in [6.07, 6.45) is -1.38. The molecular weight excluding hydrogens is 197 g/mol. The number of rotatable bonds is 1. The Labute approximate surface area is 72.3 Å². The summed E-state index contributed by atoms with van der Waals surface area (Å²) in [6.45, 7) is 4.48. The van der Waals surface area contributed by atoms with Gasteiger partial charge in [-0.15, -0.1) is 0 Å². The van der Waals surface area contributed by atoms with Crippen LogP contribution in [0.5, 0.6) is 0 Å². The molecule has 6 heteroatoms. The lowest BCUT2D eigenvalue weighted by Gasteiger charge is -1.83. The lowest BCUT2D eigenvalue weighted by Crippen LogP contribution is -1.87. The summed E-state index contributed by atoms with van der Waals surface area (Å²) < 4.78 is 35.9. The molecule has 70 valence electrons. The molecule has 0 aromatic rings. The van der Waals surface area contributed by atoms with E-state index in [2.05, 4.69) is 22.9 Å². The van der Waals surface area contributed by atoms with Crippen LogP contribution in [0.4, 0.5) is 13.2 Å². The predicted octanol–water partition coefficient (Wildman–Crippen LogP) is 2.95. The predicted molar refractivity (Wildman–Crippen MR) is 38.2 cm³/mol. The third-order valence-corrected chi connectivity index (χ3v) is 0.535. The molecular formula is C6H6ClF3O2. The largest absolute Gasteiger partial charge is 0.435 e. The van der Waals surface area contributed by atoms with Gasteiger partial charge in [0.05, 0.1) is 6.26 Å². The van der Waals surface area contributed by atoms with Crippen molar-refractivity contribution in [1.29, 1.82) is 0 Å². The number of carbonyl (C=O) groups excluding carboxylic acids is 1. The molecule has 0 aliphatic heterocycles. The molecule has 0 unspecified atom stereocenters. The second kappa shape index (κ2) is 8.13. The van der Waals surface area contributed by atoms with Crippen molar-refractivity contribution in [3.05, 3.63) is 24.2 Å². The molecule has 0 rings (SSSR count). The second-order valence-corrected chi connectivity index (χ2v) is 1.63. The van der Waals surface area contributed by atoms with Gasteiger partial charge in [0.2, 0.25) is 0 Å². The minimum absolute atomic E-state index is 0.329. The van der Waals surface area contributed by atoms with E-state index in [1.807, 2.05) is 0 Å². The van der Waals surface area contributed by atoms with Crippen molar-refractivity contribution in [3.63, 3.8) is 0 Å². The highest BCUT2D eigenvalue weighted by Gasteiger charge is 1.95. The average Bonchev–Trinajstić information content (AvgIpc) is 1.87. The Kier molecular flexibility index (Phi) is 9.22. The summed E-state index contributed by atoms with van der Waals surface area (Å²) in [6, 6.07) is 0. The highest BCUT2D eigenvalue weighted by Crippen LogP contribution is 2.11. The molecule has 0 saturated heterocycles. The molecule has 0 atom stereocenters. The van der Waals surface area contributed by atoms with E-state index in [0.717, 1.165) is 6.26 Å². The van der Waals surface area contributed by atoms with Crippen LogP contribution >= 0.6 is 11.6 Å². The Bertz CT molecular complexity index is 173. The van der Waals surface area contributed by atoms with Gasteiger partial charge in [-0.3, -0.25) is 4.79 Å². The molecule has 0 N–H and O–H groups in total. The zero-order chi connectivity index (χ0) is 10.1. The van der Waals surface area contributed by atoms with Crippen molar-refractivity contribution >= 4 is 17.6 Å². The zero-order valence-corrected chi connectivity index (χ0v) is 6.87. The van der Waals surface area contributed by atoms with Gasteiger partial charge in [-0.2, -0.15) is 13.2 Å². The van der Waals surface area contributed by atoms with Crippen LogP contribution in [0.2, 0.25) is 0 Å². The molecule has 0 heterocycles. The molecule has 2 nitrogen and oxygen atoms in total. The lowest BCUT2D eigenvalue weighted by atomic mass is 10.8. The Morgan fingerprint density at radius 3 is 1.83 bits per heavy atom. The van der Waals surface area contributed by atoms with Gasteiger partial charge < -0.3 is 4.74 Å². The van der Waals surface area contributed by atoms with E-state index in [0.29, 0.717) is 0 Å². The maximum atomic E-state index is 10.7. The SMILES string of the molecule is C=COC(C)=O.FC(F)=C(F)Cl. The standard InChI is InChI=1S/C4H6O2.C2ClF3/c1-3-6-4(2)5;3-1(4)2(5)6/h3H,1H2,2H3;. The molecule has 0 aliphatic carbocycles. The van der Waals surface area contributed by atoms with Crippen LogP contribution in [0, 0.1) is 0 Å². The lowest BCUT2D eigenvalue weighted by molar-refractivity contribution is -0.135. The maximum absolute atomic E-state index is 10.7. The zero-order valence-electron chi connectivity index (χ0n) is 6.11. The first kappa shape index (κ1) is 13.6. The molecule has 0 aliphatic rings. The van der Waals surface area contributed by atoms with E-state index in [-0.39, 0.29) is 5.97 Å². The van der Waals surface area contributed by atoms with Crippen molar-refractivity contribution in [1.82, 2.24) is 0 Å². The van der Waals surface area contributed by atoms with Gasteiger partial charge in [-0.05, 0) is 11.6 Å². The maximum Gasteiger partial charge on any atom is 0.317 e. The minimum atomic E-state index is -2.48. The summed E-state index contributed by atoms with van der Waals surface area (Å²) in [5.41, 5.74) is 0. The molecule has 0 fully saturated rings. The van der Waals surface area contributed by atoms with Gasteiger partial charge in [-0.25, -0.2) is 0 Å². The first-order chi connectivity index (χ1) is 5.41. The van der Waals surface area contributed by atoms with E-state index in [1.165, 1.54) is 6.92 Å².